The number of amides is 2. The molecule has 2 amide bonds. The molecule has 5 rings (SSSR count). The third-order valence-electron chi connectivity index (χ3n) is 9.24. The van der Waals surface area contributed by atoms with Gasteiger partial charge < -0.3 is 10.6 Å². The van der Waals surface area contributed by atoms with Crippen LogP contribution in [0.2, 0.25) is 0 Å². The molecule has 3 aromatic carbocycles. The van der Waals surface area contributed by atoms with E-state index < -0.39 is 0 Å². The van der Waals surface area contributed by atoms with Gasteiger partial charge in [-0.2, -0.15) is 0 Å². The second-order valence-corrected chi connectivity index (χ2v) is 13.0. The maximum absolute atomic E-state index is 12.4. The molecule has 0 aromatic heterocycles. The molecule has 6 heteroatoms. The quantitative estimate of drug-likeness (QED) is 0.298. The van der Waals surface area contributed by atoms with Crippen LogP contribution in [0.5, 0.6) is 0 Å². The predicted molar refractivity (Wildman–Crippen MR) is 172 cm³/mol. The monoisotopic (exact) mass is 566 g/mol. The first-order chi connectivity index (χ1) is 20.1. The van der Waals surface area contributed by atoms with Crippen LogP contribution in [-0.2, 0) is 20.4 Å². The summed E-state index contributed by atoms with van der Waals surface area (Å²) in [6.07, 6.45) is 4.73. The van der Waals surface area contributed by atoms with Crippen molar-refractivity contribution in [3.8, 4) is 0 Å². The molecule has 2 heterocycles. The van der Waals surface area contributed by atoms with Crippen molar-refractivity contribution in [1.29, 1.82) is 0 Å². The molecule has 42 heavy (non-hydrogen) atoms. The Bertz CT molecular complexity index is 1240. The van der Waals surface area contributed by atoms with Gasteiger partial charge in [0.15, 0.2) is 0 Å². The van der Waals surface area contributed by atoms with Gasteiger partial charge in [0.25, 0.3) is 0 Å². The molecule has 0 spiro atoms. The lowest BCUT2D eigenvalue weighted by Crippen LogP contribution is -2.30. The molecule has 0 bridgehead atoms. The summed E-state index contributed by atoms with van der Waals surface area (Å²) in [7, 11) is 0. The molecule has 2 N–H and O–H groups in total. The lowest BCUT2D eigenvalue weighted by Gasteiger charge is -2.30. The summed E-state index contributed by atoms with van der Waals surface area (Å²) >= 11 is 0. The van der Waals surface area contributed by atoms with Crippen LogP contribution in [0.4, 0.5) is 11.4 Å². The van der Waals surface area contributed by atoms with Crippen molar-refractivity contribution in [3.63, 3.8) is 0 Å². The highest BCUT2D eigenvalue weighted by Crippen LogP contribution is 2.36. The van der Waals surface area contributed by atoms with Crippen molar-refractivity contribution in [2.45, 2.75) is 64.2 Å². The number of hydrogen-bond donors (Lipinski definition) is 2. The van der Waals surface area contributed by atoms with Gasteiger partial charge in [-0.25, -0.2) is 0 Å². The Hall–Kier alpha value is -3.48. The second-order valence-electron chi connectivity index (χ2n) is 13.0. The molecule has 0 atom stereocenters. The molecule has 2 fully saturated rings. The number of nitrogens with zero attached hydrogens (tertiary/aromatic N) is 2. The van der Waals surface area contributed by atoms with Crippen molar-refractivity contribution >= 4 is 23.2 Å². The van der Waals surface area contributed by atoms with Crippen molar-refractivity contribution in [1.82, 2.24) is 9.80 Å². The van der Waals surface area contributed by atoms with Crippen LogP contribution in [0.1, 0.15) is 75.6 Å². The largest absolute Gasteiger partial charge is 0.325 e. The molecule has 0 unspecified atom stereocenters. The van der Waals surface area contributed by atoms with E-state index in [1.165, 1.54) is 47.9 Å². The summed E-state index contributed by atoms with van der Waals surface area (Å²) in [5, 5.41) is 6.10. The molecule has 0 saturated carbocycles. The topological polar surface area (TPSA) is 64.7 Å². The number of likely N-dealkylation sites (tertiary alicyclic amines) is 2. The summed E-state index contributed by atoms with van der Waals surface area (Å²) in [5.41, 5.74) is 6.20. The van der Waals surface area contributed by atoms with E-state index in [9.17, 15) is 9.59 Å². The Labute approximate surface area is 251 Å². The van der Waals surface area contributed by atoms with Gasteiger partial charge in [-0.15, -0.1) is 0 Å². The minimum atomic E-state index is -0.185. The number of anilines is 2. The Morgan fingerprint density at radius 2 is 0.786 bits per heavy atom. The summed E-state index contributed by atoms with van der Waals surface area (Å²) in [6.45, 7) is 14.0. The normalized spacial score (nSPS) is 16.5. The maximum Gasteiger partial charge on any atom is 0.238 e. The van der Waals surface area contributed by atoms with Crippen LogP contribution in [0.25, 0.3) is 0 Å². The molecular weight excluding hydrogens is 520 g/mol. The van der Waals surface area contributed by atoms with Crippen LogP contribution in [-0.4, -0.2) is 60.9 Å². The average molecular weight is 567 g/mol. The summed E-state index contributed by atoms with van der Waals surface area (Å²) in [6, 6.07) is 25.4. The van der Waals surface area contributed by atoms with Crippen molar-refractivity contribution in [2.24, 2.45) is 0 Å². The zero-order valence-corrected chi connectivity index (χ0v) is 25.7. The third kappa shape index (κ3) is 7.11. The van der Waals surface area contributed by atoms with Gasteiger partial charge in [0, 0.05) is 22.2 Å². The van der Waals surface area contributed by atoms with Gasteiger partial charge in [-0.1, -0.05) is 76.2 Å². The minimum absolute atomic E-state index is 0.0547. The van der Waals surface area contributed by atoms with E-state index in [0.29, 0.717) is 13.1 Å². The van der Waals surface area contributed by atoms with E-state index in [0.717, 1.165) is 37.6 Å². The van der Waals surface area contributed by atoms with E-state index in [1.807, 2.05) is 24.3 Å². The third-order valence-corrected chi connectivity index (χ3v) is 9.24. The van der Waals surface area contributed by atoms with Gasteiger partial charge in [0.05, 0.1) is 13.1 Å². The Balaban J connectivity index is 1.20. The molecule has 0 aliphatic carbocycles. The molecule has 2 aliphatic heterocycles. The van der Waals surface area contributed by atoms with E-state index in [1.54, 1.807) is 0 Å². The number of benzene rings is 3. The molecule has 3 aromatic rings. The molecule has 0 radical (unpaired) electrons. The van der Waals surface area contributed by atoms with Crippen LogP contribution in [0.15, 0.2) is 72.8 Å². The predicted octanol–water partition coefficient (Wildman–Crippen LogP) is 6.41. The molecular formula is C36H46N4O2. The first-order valence-electron chi connectivity index (χ1n) is 15.5. The number of rotatable bonds is 10. The number of hydrogen-bond acceptors (Lipinski definition) is 4. The molecule has 6 nitrogen and oxygen atoms in total. The highest BCUT2D eigenvalue weighted by atomic mass is 16.2. The fraction of sp³-hybridized carbons (Fsp3) is 0.444. The highest BCUT2D eigenvalue weighted by Gasteiger charge is 2.27. The van der Waals surface area contributed by atoms with Gasteiger partial charge in [0.2, 0.25) is 11.8 Å². The number of carbonyl (C=O) groups excluding carboxylic acids is 2. The van der Waals surface area contributed by atoms with Crippen LogP contribution in [0.3, 0.4) is 0 Å². The first kappa shape index (κ1) is 30.0. The molecule has 2 aliphatic rings. The second kappa shape index (κ2) is 12.8. The fourth-order valence-electron chi connectivity index (χ4n) is 6.27. The fourth-order valence-corrected chi connectivity index (χ4v) is 6.27. The van der Waals surface area contributed by atoms with E-state index in [4.69, 9.17) is 0 Å². The Kier molecular flexibility index (Phi) is 9.14. The smallest absolute Gasteiger partial charge is 0.238 e. The first-order valence-corrected chi connectivity index (χ1v) is 15.5. The standard InChI is InChI=1S/C36H46N4O2/c1-35(2,29-13-17-31(18-14-29)37-33(41)25-39-21-5-6-22-39)27-9-11-28(12-10-27)36(3,4)30-15-19-32(20-16-30)38-34(42)26-40-23-7-8-24-40/h9-20H,5-8,21-26H2,1-4H3,(H,37,41)(H,38,42). The highest BCUT2D eigenvalue weighted by molar-refractivity contribution is 5.92. The van der Waals surface area contributed by atoms with Gasteiger partial charge >= 0.3 is 0 Å². The lowest BCUT2D eigenvalue weighted by atomic mass is 9.74. The average Bonchev–Trinajstić information content (AvgIpc) is 3.68. The van der Waals surface area contributed by atoms with Crippen LogP contribution >= 0.6 is 0 Å². The molecule has 2 saturated heterocycles. The van der Waals surface area contributed by atoms with Crippen LogP contribution < -0.4 is 10.6 Å². The van der Waals surface area contributed by atoms with Gasteiger partial charge in [0.1, 0.15) is 0 Å². The summed E-state index contributed by atoms with van der Waals surface area (Å²) in [5.74, 6) is 0.109. The van der Waals surface area contributed by atoms with Crippen molar-refractivity contribution in [3.05, 3.63) is 95.1 Å². The van der Waals surface area contributed by atoms with Crippen molar-refractivity contribution < 1.29 is 9.59 Å². The zero-order valence-electron chi connectivity index (χ0n) is 25.7. The van der Waals surface area contributed by atoms with Crippen molar-refractivity contribution in [2.75, 3.05) is 49.9 Å². The number of nitrogens with one attached hydrogen (secondary N) is 2. The van der Waals surface area contributed by atoms with E-state index >= 15 is 0 Å². The summed E-state index contributed by atoms with van der Waals surface area (Å²) < 4.78 is 0. The SMILES string of the molecule is CC(C)(c1ccc(NC(=O)CN2CCCC2)cc1)c1ccc(C(C)(C)c2ccc(NC(=O)CN3CCCC3)cc2)cc1. The number of carbonyl (C=O) groups is 2. The van der Waals surface area contributed by atoms with Gasteiger partial charge in [-0.05, 0) is 98.4 Å². The molecule has 222 valence electrons. The van der Waals surface area contributed by atoms with E-state index in [-0.39, 0.29) is 22.6 Å². The lowest BCUT2D eigenvalue weighted by molar-refractivity contribution is -0.117. The van der Waals surface area contributed by atoms with E-state index in [2.05, 4.69) is 96.7 Å². The zero-order chi connectivity index (χ0) is 29.7. The summed E-state index contributed by atoms with van der Waals surface area (Å²) in [4.78, 5) is 29.3. The van der Waals surface area contributed by atoms with Crippen LogP contribution in [0, 0.1) is 0 Å². The Morgan fingerprint density at radius 3 is 1.07 bits per heavy atom. The maximum atomic E-state index is 12.4. The minimum Gasteiger partial charge on any atom is -0.325 e. The van der Waals surface area contributed by atoms with Gasteiger partial charge in [-0.3, -0.25) is 19.4 Å². The Morgan fingerprint density at radius 1 is 0.524 bits per heavy atom.